The van der Waals surface area contributed by atoms with Crippen molar-refractivity contribution in [2.75, 3.05) is 6.61 Å². The van der Waals surface area contributed by atoms with Gasteiger partial charge in [-0.3, -0.25) is 0 Å². The number of hydrogen-bond donors (Lipinski definition) is 0. The van der Waals surface area contributed by atoms with Gasteiger partial charge in [0.25, 0.3) is 0 Å². The summed E-state index contributed by atoms with van der Waals surface area (Å²) in [5.74, 6) is 0.193. The monoisotopic (exact) mass is 217 g/mol. The number of ether oxygens (including phenoxy) is 1. The topological polar surface area (TPSA) is 50.1 Å². The summed E-state index contributed by atoms with van der Waals surface area (Å²) in [5.41, 5.74) is 1.03. The van der Waals surface area contributed by atoms with Crippen LogP contribution < -0.4 is 0 Å². The lowest BCUT2D eigenvalue weighted by atomic mass is 10.1. The molecule has 0 saturated heterocycles. The second-order valence-corrected chi connectivity index (χ2v) is 4.01. The van der Waals surface area contributed by atoms with Crippen LogP contribution in [0.5, 0.6) is 0 Å². The van der Waals surface area contributed by atoms with E-state index in [1.54, 1.807) is 24.3 Å². The van der Waals surface area contributed by atoms with E-state index in [1.165, 1.54) is 0 Å². The maximum Gasteiger partial charge on any atom is 0.338 e. The molecule has 1 aromatic rings. The third-order valence-electron chi connectivity index (χ3n) is 2.18. The first-order valence-corrected chi connectivity index (χ1v) is 5.30. The average Bonchev–Trinajstić information content (AvgIpc) is 2.28. The molecule has 0 radical (unpaired) electrons. The van der Waals surface area contributed by atoms with Gasteiger partial charge >= 0.3 is 5.97 Å². The number of hydrogen-bond acceptors (Lipinski definition) is 3. The Morgan fingerprint density at radius 3 is 2.50 bits per heavy atom. The summed E-state index contributed by atoms with van der Waals surface area (Å²) >= 11 is 0. The number of nitriles is 1. The second-order valence-electron chi connectivity index (χ2n) is 4.01. The molecule has 0 bridgehead atoms. The minimum Gasteiger partial charge on any atom is -0.462 e. The van der Waals surface area contributed by atoms with Gasteiger partial charge in [-0.05, 0) is 36.6 Å². The van der Waals surface area contributed by atoms with E-state index in [9.17, 15) is 4.79 Å². The Morgan fingerprint density at radius 2 is 2.00 bits per heavy atom. The number of carbonyl (C=O) groups excluding carboxylic acids is 1. The molecule has 1 rings (SSSR count). The van der Waals surface area contributed by atoms with Crippen molar-refractivity contribution >= 4 is 5.97 Å². The summed E-state index contributed by atoms with van der Waals surface area (Å²) in [4.78, 5) is 11.5. The quantitative estimate of drug-likeness (QED) is 0.728. The van der Waals surface area contributed by atoms with Crippen molar-refractivity contribution in [2.24, 2.45) is 5.92 Å². The molecule has 1 aromatic carbocycles. The van der Waals surface area contributed by atoms with Crippen molar-refractivity contribution in [3.05, 3.63) is 35.4 Å². The molecule has 3 heteroatoms. The van der Waals surface area contributed by atoms with Crippen molar-refractivity contribution in [1.29, 1.82) is 5.26 Å². The number of esters is 1. The van der Waals surface area contributed by atoms with Gasteiger partial charge in [0.1, 0.15) is 0 Å². The molecule has 0 aromatic heterocycles. The number of carbonyl (C=O) groups is 1. The van der Waals surface area contributed by atoms with E-state index in [1.807, 2.05) is 6.07 Å². The third kappa shape index (κ3) is 3.74. The van der Waals surface area contributed by atoms with Crippen LogP contribution in [0.15, 0.2) is 24.3 Å². The molecular formula is C13H15NO2. The van der Waals surface area contributed by atoms with Gasteiger partial charge in [0.2, 0.25) is 0 Å². The van der Waals surface area contributed by atoms with Gasteiger partial charge in [-0.2, -0.15) is 5.26 Å². The number of rotatable bonds is 4. The van der Waals surface area contributed by atoms with E-state index >= 15 is 0 Å². The van der Waals surface area contributed by atoms with Gasteiger partial charge in [-0.1, -0.05) is 13.8 Å². The van der Waals surface area contributed by atoms with Crippen LogP contribution in [0.4, 0.5) is 0 Å². The molecule has 0 heterocycles. The molecule has 16 heavy (non-hydrogen) atoms. The average molecular weight is 217 g/mol. The van der Waals surface area contributed by atoms with Crippen LogP contribution in [0, 0.1) is 17.2 Å². The van der Waals surface area contributed by atoms with Gasteiger partial charge in [-0.25, -0.2) is 4.79 Å². The van der Waals surface area contributed by atoms with Crippen molar-refractivity contribution in [3.8, 4) is 6.07 Å². The highest BCUT2D eigenvalue weighted by molar-refractivity contribution is 5.89. The summed E-state index contributed by atoms with van der Waals surface area (Å²) in [7, 11) is 0. The Hall–Kier alpha value is -1.82. The zero-order valence-electron chi connectivity index (χ0n) is 9.56. The van der Waals surface area contributed by atoms with E-state index < -0.39 is 0 Å². The predicted molar refractivity (Wildman–Crippen MR) is 60.9 cm³/mol. The molecule has 84 valence electrons. The maximum atomic E-state index is 11.5. The second kappa shape index (κ2) is 5.92. The van der Waals surface area contributed by atoms with E-state index in [0.29, 0.717) is 23.7 Å². The smallest absolute Gasteiger partial charge is 0.338 e. The summed E-state index contributed by atoms with van der Waals surface area (Å²) in [5, 5.41) is 8.60. The molecule has 0 N–H and O–H groups in total. The van der Waals surface area contributed by atoms with Gasteiger partial charge in [0.05, 0.1) is 23.8 Å². The minimum absolute atomic E-state index is 0.329. The molecule has 0 atom stereocenters. The first-order valence-electron chi connectivity index (χ1n) is 5.30. The zero-order valence-corrected chi connectivity index (χ0v) is 9.56. The van der Waals surface area contributed by atoms with Crippen LogP contribution in [0.25, 0.3) is 0 Å². The molecule has 0 aliphatic heterocycles. The Balaban J connectivity index is 2.50. The molecular weight excluding hydrogens is 202 g/mol. The standard InChI is InChI=1S/C13H15NO2/c1-10(2)7-8-16-13(15)12-5-3-11(9-14)4-6-12/h3-6,10H,7-8H2,1-2H3. The molecule has 0 unspecified atom stereocenters. The van der Waals surface area contributed by atoms with Crippen molar-refractivity contribution in [3.63, 3.8) is 0 Å². The van der Waals surface area contributed by atoms with Crippen LogP contribution in [-0.4, -0.2) is 12.6 Å². The lowest BCUT2D eigenvalue weighted by Crippen LogP contribution is -2.07. The SMILES string of the molecule is CC(C)CCOC(=O)c1ccc(C#N)cc1. The summed E-state index contributed by atoms with van der Waals surface area (Å²) in [6.07, 6.45) is 0.863. The summed E-state index contributed by atoms with van der Waals surface area (Å²) < 4.78 is 5.09. The lowest BCUT2D eigenvalue weighted by molar-refractivity contribution is 0.0488. The predicted octanol–water partition coefficient (Wildman–Crippen LogP) is 2.76. The molecule has 3 nitrogen and oxygen atoms in total. The lowest BCUT2D eigenvalue weighted by Gasteiger charge is -2.06. The normalized spacial score (nSPS) is 9.88. The third-order valence-corrected chi connectivity index (χ3v) is 2.18. The van der Waals surface area contributed by atoms with Crippen LogP contribution in [0.1, 0.15) is 36.2 Å². The molecule has 0 aliphatic carbocycles. The highest BCUT2D eigenvalue weighted by atomic mass is 16.5. The van der Waals surface area contributed by atoms with Crippen molar-refractivity contribution < 1.29 is 9.53 Å². The van der Waals surface area contributed by atoms with Gasteiger partial charge < -0.3 is 4.74 Å². The Bertz CT molecular complexity index is 387. The fourth-order valence-electron chi connectivity index (χ4n) is 1.15. The summed E-state index contributed by atoms with van der Waals surface area (Å²) in [6, 6.07) is 8.43. The van der Waals surface area contributed by atoms with Crippen LogP contribution >= 0.6 is 0 Å². The number of nitrogens with zero attached hydrogens (tertiary/aromatic N) is 1. The van der Waals surface area contributed by atoms with Crippen molar-refractivity contribution in [2.45, 2.75) is 20.3 Å². The Kier molecular flexibility index (Phi) is 4.53. The minimum atomic E-state index is -0.329. The molecule has 0 saturated carbocycles. The van der Waals surface area contributed by atoms with E-state index in [4.69, 9.17) is 10.00 Å². The fraction of sp³-hybridized carbons (Fsp3) is 0.385. The van der Waals surface area contributed by atoms with Crippen LogP contribution in [0.3, 0.4) is 0 Å². The summed E-state index contributed by atoms with van der Waals surface area (Å²) in [6.45, 7) is 4.60. The Labute approximate surface area is 95.7 Å². The maximum absolute atomic E-state index is 11.5. The van der Waals surface area contributed by atoms with Gasteiger partial charge in [0, 0.05) is 0 Å². The van der Waals surface area contributed by atoms with Gasteiger partial charge in [-0.15, -0.1) is 0 Å². The van der Waals surface area contributed by atoms with Crippen LogP contribution in [0.2, 0.25) is 0 Å². The molecule has 0 amide bonds. The van der Waals surface area contributed by atoms with Gasteiger partial charge in [0.15, 0.2) is 0 Å². The first-order chi connectivity index (χ1) is 7.63. The largest absolute Gasteiger partial charge is 0.462 e. The van der Waals surface area contributed by atoms with Crippen molar-refractivity contribution in [1.82, 2.24) is 0 Å². The van der Waals surface area contributed by atoms with E-state index in [2.05, 4.69) is 13.8 Å². The fourth-order valence-corrected chi connectivity index (χ4v) is 1.15. The Morgan fingerprint density at radius 1 is 1.38 bits per heavy atom. The zero-order chi connectivity index (χ0) is 12.0. The first kappa shape index (κ1) is 12.3. The number of benzene rings is 1. The molecule has 0 aliphatic rings. The van der Waals surface area contributed by atoms with E-state index in [0.717, 1.165) is 6.42 Å². The molecule has 0 spiro atoms. The van der Waals surface area contributed by atoms with Crippen LogP contribution in [-0.2, 0) is 4.74 Å². The highest BCUT2D eigenvalue weighted by Crippen LogP contribution is 2.06. The molecule has 0 fully saturated rings. The van der Waals surface area contributed by atoms with E-state index in [-0.39, 0.29) is 5.97 Å². The highest BCUT2D eigenvalue weighted by Gasteiger charge is 2.06.